The van der Waals surface area contributed by atoms with Crippen LogP contribution in [0.1, 0.15) is 31.2 Å². The van der Waals surface area contributed by atoms with Crippen molar-refractivity contribution in [3.63, 3.8) is 0 Å². The zero-order valence-electron chi connectivity index (χ0n) is 18.3. The van der Waals surface area contributed by atoms with E-state index in [1.165, 1.54) is 6.33 Å². The Kier molecular flexibility index (Phi) is 6.31. The van der Waals surface area contributed by atoms with Crippen molar-refractivity contribution in [3.8, 4) is 17.2 Å². The molecule has 3 aromatic rings. The molecule has 1 aliphatic heterocycles. The topological polar surface area (TPSA) is 133 Å². The Bertz CT molecular complexity index is 1060. The van der Waals surface area contributed by atoms with Crippen molar-refractivity contribution < 1.29 is 29.2 Å². The van der Waals surface area contributed by atoms with Gasteiger partial charge in [0.15, 0.2) is 28.5 Å². The Hall–Kier alpha value is -3.15. The molecule has 32 heavy (non-hydrogen) atoms. The van der Waals surface area contributed by atoms with Crippen LogP contribution in [0.2, 0.25) is 0 Å². The third-order valence-corrected chi connectivity index (χ3v) is 5.59. The predicted molar refractivity (Wildman–Crippen MR) is 115 cm³/mol. The molecule has 0 aliphatic carbocycles. The van der Waals surface area contributed by atoms with Crippen molar-refractivity contribution in [2.24, 2.45) is 0 Å². The first-order valence-corrected chi connectivity index (χ1v) is 10.2. The van der Waals surface area contributed by atoms with Gasteiger partial charge in [-0.05, 0) is 24.6 Å². The predicted octanol–water partition coefficient (Wildman–Crippen LogP) is 1.67. The van der Waals surface area contributed by atoms with Crippen molar-refractivity contribution in [1.29, 1.82) is 0 Å². The first-order chi connectivity index (χ1) is 15.5. The van der Waals surface area contributed by atoms with Crippen LogP contribution in [0.4, 0.5) is 5.82 Å². The average molecular weight is 445 g/mol. The van der Waals surface area contributed by atoms with Gasteiger partial charge in [0.1, 0.15) is 18.7 Å². The second-order valence-electron chi connectivity index (χ2n) is 7.49. The normalized spacial score (nSPS) is 21.5. The van der Waals surface area contributed by atoms with Gasteiger partial charge in [-0.1, -0.05) is 0 Å². The molecule has 1 aliphatic rings. The second kappa shape index (κ2) is 9.15. The average Bonchev–Trinajstić information content (AvgIpc) is 3.41. The standard InChI is InChI=1S/C21H27N5O6/c1-11(12-5-14(29-2)19(31-4)15(6-12)30-3)25-20-18-21(23-9-22-20)26(10-24-18)17-7-13(28)16(8-27)32-17/h5-6,9-11,13,16-17,27-28H,7-8H2,1-4H3,(H,22,23,25)/t11?,13-,16+,17+/m0/s1. The van der Waals surface area contributed by atoms with E-state index in [9.17, 15) is 10.2 Å². The number of nitrogens with one attached hydrogen (secondary N) is 1. The number of aliphatic hydroxyl groups is 2. The van der Waals surface area contributed by atoms with Gasteiger partial charge in [-0.2, -0.15) is 0 Å². The maximum atomic E-state index is 10.1. The van der Waals surface area contributed by atoms with E-state index in [1.54, 1.807) is 32.2 Å². The van der Waals surface area contributed by atoms with Crippen molar-refractivity contribution >= 4 is 17.0 Å². The van der Waals surface area contributed by atoms with E-state index >= 15 is 0 Å². The molecule has 4 rings (SSSR count). The lowest BCUT2D eigenvalue weighted by molar-refractivity contribution is -0.0432. The molecule has 4 atom stereocenters. The molecule has 1 unspecified atom stereocenters. The van der Waals surface area contributed by atoms with Crippen LogP contribution in [0.5, 0.6) is 17.2 Å². The highest BCUT2D eigenvalue weighted by atomic mass is 16.5. The lowest BCUT2D eigenvalue weighted by Gasteiger charge is -2.19. The van der Waals surface area contributed by atoms with Crippen molar-refractivity contribution in [3.05, 3.63) is 30.4 Å². The largest absolute Gasteiger partial charge is 0.493 e. The second-order valence-corrected chi connectivity index (χ2v) is 7.49. The van der Waals surface area contributed by atoms with Crippen molar-refractivity contribution in [1.82, 2.24) is 19.5 Å². The molecule has 1 saturated heterocycles. The molecule has 0 radical (unpaired) electrons. The first-order valence-electron chi connectivity index (χ1n) is 10.2. The van der Waals surface area contributed by atoms with Gasteiger partial charge in [0, 0.05) is 6.42 Å². The van der Waals surface area contributed by atoms with Crippen LogP contribution in [0.25, 0.3) is 11.2 Å². The summed E-state index contributed by atoms with van der Waals surface area (Å²) in [4.78, 5) is 13.2. The van der Waals surface area contributed by atoms with Gasteiger partial charge < -0.3 is 34.5 Å². The molecule has 2 aromatic heterocycles. The van der Waals surface area contributed by atoms with Crippen molar-refractivity contribution in [2.75, 3.05) is 33.3 Å². The van der Waals surface area contributed by atoms with Crippen molar-refractivity contribution in [2.45, 2.75) is 37.8 Å². The lowest BCUT2D eigenvalue weighted by Crippen LogP contribution is -2.24. The fourth-order valence-electron chi connectivity index (χ4n) is 3.86. The van der Waals surface area contributed by atoms with E-state index in [-0.39, 0.29) is 12.6 Å². The molecule has 11 heteroatoms. The Labute approximate surface area is 184 Å². The highest BCUT2D eigenvalue weighted by Crippen LogP contribution is 2.40. The summed E-state index contributed by atoms with van der Waals surface area (Å²) in [5.41, 5.74) is 2.03. The smallest absolute Gasteiger partial charge is 0.203 e. The van der Waals surface area contributed by atoms with Crippen LogP contribution in [0.3, 0.4) is 0 Å². The zero-order valence-corrected chi connectivity index (χ0v) is 18.3. The third kappa shape index (κ3) is 3.90. The zero-order chi connectivity index (χ0) is 22.8. The Morgan fingerprint density at radius 2 is 1.88 bits per heavy atom. The van der Waals surface area contributed by atoms with Gasteiger partial charge >= 0.3 is 0 Å². The summed E-state index contributed by atoms with van der Waals surface area (Å²) in [5, 5.41) is 22.8. The number of nitrogens with zero attached hydrogens (tertiary/aromatic N) is 4. The van der Waals surface area contributed by atoms with Crippen LogP contribution >= 0.6 is 0 Å². The van der Waals surface area contributed by atoms with Gasteiger partial charge in [0.25, 0.3) is 0 Å². The van der Waals surface area contributed by atoms with Crippen LogP contribution in [0, 0.1) is 0 Å². The number of benzene rings is 1. The van der Waals surface area contributed by atoms with E-state index in [2.05, 4.69) is 20.3 Å². The number of rotatable bonds is 8. The monoisotopic (exact) mass is 445 g/mol. The highest BCUT2D eigenvalue weighted by molar-refractivity contribution is 5.83. The summed E-state index contributed by atoms with van der Waals surface area (Å²) < 4.78 is 23.8. The number of hydrogen-bond acceptors (Lipinski definition) is 10. The molecular formula is C21H27N5O6. The number of hydrogen-bond donors (Lipinski definition) is 3. The number of anilines is 1. The maximum absolute atomic E-state index is 10.1. The van der Waals surface area contributed by atoms with E-state index in [0.717, 1.165) is 5.56 Å². The fourth-order valence-corrected chi connectivity index (χ4v) is 3.86. The summed E-state index contributed by atoms with van der Waals surface area (Å²) >= 11 is 0. The summed E-state index contributed by atoms with van der Waals surface area (Å²) in [7, 11) is 4.71. The SMILES string of the molecule is COc1cc(C(C)Nc2ncnc3c2ncn3[C@H]2C[C@H](O)[C@@H](CO)O2)cc(OC)c1OC. The molecule has 172 valence electrons. The van der Waals surface area contributed by atoms with Crippen LogP contribution in [0.15, 0.2) is 24.8 Å². The van der Waals surface area contributed by atoms with Gasteiger partial charge in [-0.15, -0.1) is 0 Å². The molecular weight excluding hydrogens is 418 g/mol. The van der Waals surface area contributed by atoms with Gasteiger partial charge in [0.2, 0.25) is 5.75 Å². The van der Waals surface area contributed by atoms with Gasteiger partial charge in [-0.3, -0.25) is 4.57 Å². The van der Waals surface area contributed by atoms with Gasteiger partial charge in [-0.25, -0.2) is 15.0 Å². The molecule has 1 fully saturated rings. The summed E-state index contributed by atoms with van der Waals surface area (Å²) in [6.45, 7) is 1.73. The minimum Gasteiger partial charge on any atom is -0.493 e. The number of fused-ring (bicyclic) bond motifs is 1. The molecule has 0 bridgehead atoms. The minimum absolute atomic E-state index is 0.171. The molecule has 0 amide bonds. The van der Waals surface area contributed by atoms with E-state index in [4.69, 9.17) is 18.9 Å². The first kappa shape index (κ1) is 22.1. The molecule has 3 N–H and O–H groups in total. The van der Waals surface area contributed by atoms with E-state index in [1.807, 2.05) is 19.1 Å². The Balaban J connectivity index is 1.62. The van der Waals surface area contributed by atoms with E-state index in [0.29, 0.717) is 40.7 Å². The maximum Gasteiger partial charge on any atom is 0.203 e. The van der Waals surface area contributed by atoms with Crippen LogP contribution < -0.4 is 19.5 Å². The van der Waals surface area contributed by atoms with Gasteiger partial charge in [0.05, 0.1) is 46.4 Å². The summed E-state index contributed by atoms with van der Waals surface area (Å²) in [6, 6.07) is 3.58. The number of imidazole rings is 1. The summed E-state index contributed by atoms with van der Waals surface area (Å²) in [6.07, 6.45) is 1.54. The molecule has 0 spiro atoms. The number of aliphatic hydroxyl groups excluding tert-OH is 2. The lowest BCUT2D eigenvalue weighted by atomic mass is 10.1. The fraction of sp³-hybridized carbons (Fsp3) is 0.476. The van der Waals surface area contributed by atoms with E-state index < -0.39 is 18.4 Å². The van der Waals surface area contributed by atoms with Crippen LogP contribution in [-0.2, 0) is 4.74 Å². The quantitative estimate of drug-likeness (QED) is 0.470. The number of methoxy groups -OCH3 is 3. The Morgan fingerprint density at radius 3 is 2.47 bits per heavy atom. The highest BCUT2D eigenvalue weighted by Gasteiger charge is 2.35. The number of aromatic nitrogens is 4. The minimum atomic E-state index is -0.748. The third-order valence-electron chi connectivity index (χ3n) is 5.59. The molecule has 0 saturated carbocycles. The summed E-state index contributed by atoms with van der Waals surface area (Å²) in [5.74, 6) is 2.19. The molecule has 3 heterocycles. The molecule has 1 aromatic carbocycles. The Morgan fingerprint density at radius 1 is 1.16 bits per heavy atom. The number of ether oxygens (including phenoxy) is 4. The molecule has 11 nitrogen and oxygen atoms in total. The van der Waals surface area contributed by atoms with Crippen LogP contribution in [-0.4, -0.2) is 69.9 Å².